The molecule has 0 aliphatic heterocycles. The Balaban J connectivity index is 2.14. The quantitative estimate of drug-likeness (QED) is 0.890. The minimum atomic E-state index is 0.0479. The van der Waals surface area contributed by atoms with Crippen molar-refractivity contribution in [3.63, 3.8) is 0 Å². The zero-order valence-electron chi connectivity index (χ0n) is 10.8. The van der Waals surface area contributed by atoms with Gasteiger partial charge in [-0.05, 0) is 42.2 Å². The van der Waals surface area contributed by atoms with Crippen LogP contribution in [0.2, 0.25) is 0 Å². The number of hydrogen-bond acceptors (Lipinski definition) is 2. The summed E-state index contributed by atoms with van der Waals surface area (Å²) in [6.07, 6.45) is 0. The molecule has 0 unspecified atom stereocenters. The highest BCUT2D eigenvalue weighted by Crippen LogP contribution is 2.21. The minimum absolute atomic E-state index is 0.0479. The molecule has 2 nitrogen and oxygen atoms in total. The first-order valence-electron chi connectivity index (χ1n) is 6.08. The third-order valence-corrected chi connectivity index (χ3v) is 3.02. The van der Waals surface area contributed by atoms with Gasteiger partial charge in [0.05, 0.1) is 6.61 Å². The highest BCUT2D eigenvalue weighted by atomic mass is 16.5. The fourth-order valence-corrected chi connectivity index (χ4v) is 1.87. The SMILES string of the molecule is Cc1ccc(C)c(OCc2ccccc2CO)c1. The van der Waals surface area contributed by atoms with Crippen molar-refractivity contribution in [2.45, 2.75) is 27.1 Å². The standard InChI is InChI=1S/C16H18O2/c1-12-7-8-13(2)16(9-12)18-11-15-6-4-3-5-14(15)10-17/h3-9,17H,10-11H2,1-2H3. The van der Waals surface area contributed by atoms with Crippen molar-refractivity contribution >= 4 is 0 Å². The molecule has 0 fully saturated rings. The van der Waals surface area contributed by atoms with E-state index in [0.717, 1.165) is 22.4 Å². The number of aliphatic hydroxyl groups is 1. The third-order valence-electron chi connectivity index (χ3n) is 3.02. The van der Waals surface area contributed by atoms with E-state index in [4.69, 9.17) is 4.74 Å². The molecule has 0 heterocycles. The molecule has 2 rings (SSSR count). The molecule has 0 aliphatic rings. The van der Waals surface area contributed by atoms with Crippen LogP contribution in [0.5, 0.6) is 5.75 Å². The van der Waals surface area contributed by atoms with Crippen molar-refractivity contribution in [3.8, 4) is 5.75 Å². The van der Waals surface area contributed by atoms with E-state index in [9.17, 15) is 5.11 Å². The Morgan fingerprint density at radius 2 is 1.72 bits per heavy atom. The smallest absolute Gasteiger partial charge is 0.122 e. The predicted octanol–water partition coefficient (Wildman–Crippen LogP) is 3.37. The average Bonchev–Trinajstić information content (AvgIpc) is 2.40. The summed E-state index contributed by atoms with van der Waals surface area (Å²) in [5, 5.41) is 9.26. The second-order valence-electron chi connectivity index (χ2n) is 4.48. The van der Waals surface area contributed by atoms with Crippen LogP contribution in [0.3, 0.4) is 0 Å². The zero-order chi connectivity index (χ0) is 13.0. The van der Waals surface area contributed by atoms with Gasteiger partial charge in [0.25, 0.3) is 0 Å². The van der Waals surface area contributed by atoms with Gasteiger partial charge in [0.1, 0.15) is 12.4 Å². The lowest BCUT2D eigenvalue weighted by atomic mass is 10.1. The van der Waals surface area contributed by atoms with Crippen LogP contribution in [0, 0.1) is 13.8 Å². The Morgan fingerprint density at radius 1 is 1.00 bits per heavy atom. The average molecular weight is 242 g/mol. The van der Waals surface area contributed by atoms with Gasteiger partial charge < -0.3 is 9.84 Å². The summed E-state index contributed by atoms with van der Waals surface area (Å²) in [6, 6.07) is 14.0. The Hall–Kier alpha value is -1.80. The Morgan fingerprint density at radius 3 is 2.44 bits per heavy atom. The van der Waals surface area contributed by atoms with Crippen LogP contribution in [0.25, 0.3) is 0 Å². The van der Waals surface area contributed by atoms with Gasteiger partial charge in [0.15, 0.2) is 0 Å². The summed E-state index contributed by atoms with van der Waals surface area (Å²) in [7, 11) is 0. The Kier molecular flexibility index (Phi) is 4.00. The maximum Gasteiger partial charge on any atom is 0.122 e. The minimum Gasteiger partial charge on any atom is -0.489 e. The lowest BCUT2D eigenvalue weighted by Gasteiger charge is -2.12. The van der Waals surface area contributed by atoms with Crippen molar-refractivity contribution in [2.75, 3.05) is 0 Å². The molecular weight excluding hydrogens is 224 g/mol. The van der Waals surface area contributed by atoms with Crippen LogP contribution in [-0.2, 0) is 13.2 Å². The third kappa shape index (κ3) is 2.90. The molecule has 0 amide bonds. The molecule has 2 aromatic rings. The van der Waals surface area contributed by atoms with Crippen LogP contribution < -0.4 is 4.74 Å². The largest absolute Gasteiger partial charge is 0.489 e. The molecule has 0 spiro atoms. The summed E-state index contributed by atoms with van der Waals surface area (Å²) in [5.41, 5.74) is 4.26. The molecule has 0 saturated heterocycles. The summed E-state index contributed by atoms with van der Waals surface area (Å²) in [6.45, 7) is 4.62. The highest BCUT2D eigenvalue weighted by molar-refractivity contribution is 5.36. The molecule has 94 valence electrons. The zero-order valence-corrected chi connectivity index (χ0v) is 10.8. The van der Waals surface area contributed by atoms with Crippen molar-refractivity contribution in [1.29, 1.82) is 0 Å². The maximum atomic E-state index is 9.26. The number of aryl methyl sites for hydroxylation is 2. The van der Waals surface area contributed by atoms with E-state index in [1.165, 1.54) is 5.56 Å². The normalized spacial score (nSPS) is 10.4. The van der Waals surface area contributed by atoms with E-state index in [-0.39, 0.29) is 6.61 Å². The van der Waals surface area contributed by atoms with Gasteiger partial charge in [-0.2, -0.15) is 0 Å². The van der Waals surface area contributed by atoms with Crippen molar-refractivity contribution in [2.24, 2.45) is 0 Å². The van der Waals surface area contributed by atoms with E-state index in [1.54, 1.807) is 0 Å². The Bertz CT molecular complexity index is 532. The highest BCUT2D eigenvalue weighted by Gasteiger charge is 2.03. The fraction of sp³-hybridized carbons (Fsp3) is 0.250. The van der Waals surface area contributed by atoms with E-state index < -0.39 is 0 Å². The van der Waals surface area contributed by atoms with E-state index in [0.29, 0.717) is 6.61 Å². The molecule has 0 aliphatic carbocycles. The number of benzene rings is 2. The van der Waals surface area contributed by atoms with E-state index in [2.05, 4.69) is 12.1 Å². The molecule has 0 atom stereocenters. The number of ether oxygens (including phenoxy) is 1. The molecule has 1 N–H and O–H groups in total. The summed E-state index contributed by atoms with van der Waals surface area (Å²) in [5.74, 6) is 0.905. The molecule has 18 heavy (non-hydrogen) atoms. The molecule has 0 bridgehead atoms. The summed E-state index contributed by atoms with van der Waals surface area (Å²) in [4.78, 5) is 0. The summed E-state index contributed by atoms with van der Waals surface area (Å²) < 4.78 is 5.84. The van der Waals surface area contributed by atoms with Crippen LogP contribution in [0.4, 0.5) is 0 Å². The first-order valence-corrected chi connectivity index (χ1v) is 6.08. The number of rotatable bonds is 4. The lowest BCUT2D eigenvalue weighted by molar-refractivity contribution is 0.269. The van der Waals surface area contributed by atoms with Crippen molar-refractivity contribution in [1.82, 2.24) is 0 Å². The van der Waals surface area contributed by atoms with Gasteiger partial charge >= 0.3 is 0 Å². The lowest BCUT2D eigenvalue weighted by Crippen LogP contribution is -2.01. The van der Waals surface area contributed by atoms with Gasteiger partial charge in [-0.3, -0.25) is 0 Å². The molecule has 0 saturated carbocycles. The molecule has 2 aromatic carbocycles. The predicted molar refractivity (Wildman–Crippen MR) is 72.6 cm³/mol. The van der Waals surface area contributed by atoms with E-state index in [1.807, 2.05) is 44.2 Å². The summed E-state index contributed by atoms with van der Waals surface area (Å²) >= 11 is 0. The van der Waals surface area contributed by atoms with Crippen LogP contribution in [0.15, 0.2) is 42.5 Å². The fourth-order valence-electron chi connectivity index (χ4n) is 1.87. The van der Waals surface area contributed by atoms with Gasteiger partial charge in [-0.15, -0.1) is 0 Å². The van der Waals surface area contributed by atoms with Gasteiger partial charge in [0.2, 0.25) is 0 Å². The number of aliphatic hydroxyl groups excluding tert-OH is 1. The molecule has 0 aromatic heterocycles. The molecule has 0 radical (unpaired) electrons. The van der Waals surface area contributed by atoms with Crippen LogP contribution in [0.1, 0.15) is 22.3 Å². The Labute approximate surface area is 108 Å². The van der Waals surface area contributed by atoms with Gasteiger partial charge in [-0.25, -0.2) is 0 Å². The van der Waals surface area contributed by atoms with E-state index >= 15 is 0 Å². The number of hydrogen-bond donors (Lipinski definition) is 1. The first-order chi connectivity index (χ1) is 8.70. The van der Waals surface area contributed by atoms with Crippen LogP contribution >= 0.6 is 0 Å². The maximum absolute atomic E-state index is 9.26. The van der Waals surface area contributed by atoms with Crippen molar-refractivity contribution in [3.05, 3.63) is 64.7 Å². The van der Waals surface area contributed by atoms with Crippen molar-refractivity contribution < 1.29 is 9.84 Å². The van der Waals surface area contributed by atoms with Crippen LogP contribution in [-0.4, -0.2) is 5.11 Å². The molecule has 2 heteroatoms. The second-order valence-corrected chi connectivity index (χ2v) is 4.48. The molecular formula is C16H18O2. The van der Waals surface area contributed by atoms with Gasteiger partial charge in [-0.1, -0.05) is 36.4 Å². The monoisotopic (exact) mass is 242 g/mol. The van der Waals surface area contributed by atoms with Gasteiger partial charge in [0, 0.05) is 0 Å². The second kappa shape index (κ2) is 5.69. The first kappa shape index (κ1) is 12.7. The topological polar surface area (TPSA) is 29.5 Å².